The number of rotatable bonds is 6. The third kappa shape index (κ3) is 4.42. The number of carboxylic acid groups (broad SMARTS) is 1. The first-order valence-electron chi connectivity index (χ1n) is 5.47. The fraction of sp³-hybridized carbons (Fsp3) is 0.333. The zero-order valence-corrected chi connectivity index (χ0v) is 10.0. The number of carbonyl (C=O) groups is 2. The molecule has 6 nitrogen and oxygen atoms in total. The second-order valence-corrected chi connectivity index (χ2v) is 3.86. The normalized spacial score (nSPS) is 11.8. The van der Waals surface area contributed by atoms with Crippen molar-refractivity contribution < 1.29 is 19.8 Å². The molecule has 1 amide bonds. The van der Waals surface area contributed by atoms with Gasteiger partial charge in [-0.2, -0.15) is 0 Å². The molecule has 18 heavy (non-hydrogen) atoms. The van der Waals surface area contributed by atoms with E-state index in [2.05, 4.69) is 10.6 Å². The van der Waals surface area contributed by atoms with Gasteiger partial charge in [-0.1, -0.05) is 12.1 Å². The first-order chi connectivity index (χ1) is 8.52. The Hall–Kier alpha value is -2.08. The van der Waals surface area contributed by atoms with Crippen molar-refractivity contribution in [1.29, 1.82) is 0 Å². The van der Waals surface area contributed by atoms with E-state index in [1.807, 2.05) is 0 Å². The molecule has 0 aromatic heterocycles. The Bertz CT molecular complexity index is 417. The number of nitrogens with one attached hydrogen (secondary N) is 2. The molecule has 98 valence electrons. The number of benzene rings is 1. The lowest BCUT2D eigenvalue weighted by molar-refractivity contribution is -0.141. The van der Waals surface area contributed by atoms with Gasteiger partial charge in [0.1, 0.15) is 11.8 Å². The summed E-state index contributed by atoms with van der Waals surface area (Å²) in [5, 5.41) is 23.2. The number of phenols is 1. The van der Waals surface area contributed by atoms with Gasteiger partial charge in [-0.05, 0) is 24.7 Å². The van der Waals surface area contributed by atoms with Crippen molar-refractivity contribution in [2.45, 2.75) is 12.5 Å². The van der Waals surface area contributed by atoms with Crippen molar-refractivity contribution in [2.75, 3.05) is 13.6 Å². The largest absolute Gasteiger partial charge is 0.508 e. The minimum absolute atomic E-state index is 0.0688. The molecular formula is C12H16N2O4. The lowest BCUT2D eigenvalue weighted by Gasteiger charge is -2.14. The number of aromatic hydroxyl groups is 1. The molecule has 0 aliphatic heterocycles. The van der Waals surface area contributed by atoms with Gasteiger partial charge in [-0.3, -0.25) is 4.79 Å². The van der Waals surface area contributed by atoms with E-state index >= 15 is 0 Å². The highest BCUT2D eigenvalue weighted by molar-refractivity contribution is 5.84. The van der Waals surface area contributed by atoms with Crippen molar-refractivity contribution in [3.63, 3.8) is 0 Å². The van der Waals surface area contributed by atoms with Crippen LogP contribution < -0.4 is 10.6 Å². The van der Waals surface area contributed by atoms with Crippen LogP contribution in [-0.4, -0.2) is 41.7 Å². The van der Waals surface area contributed by atoms with Crippen LogP contribution in [0, 0.1) is 0 Å². The van der Waals surface area contributed by atoms with Crippen molar-refractivity contribution in [3.8, 4) is 5.75 Å². The molecule has 0 spiro atoms. The topological polar surface area (TPSA) is 98.7 Å². The molecule has 0 aliphatic rings. The molecule has 1 rings (SSSR count). The molecule has 0 bridgehead atoms. The highest BCUT2D eigenvalue weighted by Gasteiger charge is 2.19. The molecule has 1 atom stereocenters. The summed E-state index contributed by atoms with van der Waals surface area (Å²) in [5.74, 6) is -1.35. The fourth-order valence-electron chi connectivity index (χ4n) is 1.47. The maximum absolute atomic E-state index is 11.3. The minimum atomic E-state index is -1.09. The maximum atomic E-state index is 11.3. The van der Waals surface area contributed by atoms with Crippen molar-refractivity contribution in [2.24, 2.45) is 0 Å². The summed E-state index contributed by atoms with van der Waals surface area (Å²) in [6, 6.07) is 5.22. The quantitative estimate of drug-likeness (QED) is 0.558. The molecular weight excluding hydrogens is 236 g/mol. The Morgan fingerprint density at radius 3 is 2.39 bits per heavy atom. The Labute approximate surface area is 105 Å². The SMILES string of the molecule is CNCC(=O)N[C@@H](Cc1ccc(O)cc1)C(=O)O. The van der Waals surface area contributed by atoms with Gasteiger partial charge in [0, 0.05) is 6.42 Å². The number of likely N-dealkylation sites (N-methyl/N-ethyl adjacent to an activating group) is 1. The van der Waals surface area contributed by atoms with Gasteiger partial charge >= 0.3 is 5.97 Å². The van der Waals surface area contributed by atoms with E-state index in [1.54, 1.807) is 19.2 Å². The number of carboxylic acids is 1. The number of hydrogen-bond acceptors (Lipinski definition) is 4. The van der Waals surface area contributed by atoms with Crippen LogP contribution in [0.4, 0.5) is 0 Å². The van der Waals surface area contributed by atoms with Gasteiger partial charge in [0.05, 0.1) is 6.54 Å². The van der Waals surface area contributed by atoms with Gasteiger partial charge in [-0.25, -0.2) is 4.79 Å². The summed E-state index contributed by atoms with van der Waals surface area (Å²) in [6.07, 6.45) is 0.172. The van der Waals surface area contributed by atoms with Gasteiger partial charge in [0.25, 0.3) is 0 Å². The molecule has 0 fully saturated rings. The van der Waals surface area contributed by atoms with Crippen molar-refractivity contribution in [1.82, 2.24) is 10.6 Å². The van der Waals surface area contributed by atoms with Crippen molar-refractivity contribution in [3.05, 3.63) is 29.8 Å². The zero-order chi connectivity index (χ0) is 13.5. The summed E-state index contributed by atoms with van der Waals surface area (Å²) < 4.78 is 0. The summed E-state index contributed by atoms with van der Waals surface area (Å²) in [7, 11) is 1.61. The standard InChI is InChI=1S/C12H16N2O4/c1-13-7-11(16)14-10(12(17)18)6-8-2-4-9(15)5-3-8/h2-5,10,13,15H,6-7H2,1H3,(H,14,16)(H,17,18)/t10-/m0/s1. The maximum Gasteiger partial charge on any atom is 0.326 e. The van der Waals surface area contributed by atoms with Gasteiger partial charge < -0.3 is 20.8 Å². The average Bonchev–Trinajstić information content (AvgIpc) is 2.31. The summed E-state index contributed by atoms with van der Waals surface area (Å²) in [5.41, 5.74) is 0.727. The molecule has 4 N–H and O–H groups in total. The van der Waals surface area contributed by atoms with Crippen LogP contribution in [-0.2, 0) is 16.0 Å². The average molecular weight is 252 g/mol. The fourth-order valence-corrected chi connectivity index (χ4v) is 1.47. The lowest BCUT2D eigenvalue weighted by Crippen LogP contribution is -2.45. The number of aliphatic carboxylic acids is 1. The molecule has 1 aromatic carbocycles. The first-order valence-corrected chi connectivity index (χ1v) is 5.47. The van der Waals surface area contributed by atoms with Crippen LogP contribution in [0.3, 0.4) is 0 Å². The second-order valence-electron chi connectivity index (χ2n) is 3.86. The van der Waals surface area contributed by atoms with Crippen molar-refractivity contribution >= 4 is 11.9 Å². The highest BCUT2D eigenvalue weighted by Crippen LogP contribution is 2.11. The minimum Gasteiger partial charge on any atom is -0.508 e. The third-order valence-corrected chi connectivity index (χ3v) is 2.35. The van der Waals surface area contributed by atoms with Crippen LogP contribution in [0.2, 0.25) is 0 Å². The molecule has 0 saturated heterocycles. The molecule has 0 aliphatic carbocycles. The monoisotopic (exact) mass is 252 g/mol. The molecule has 0 heterocycles. The van der Waals surface area contributed by atoms with Crippen LogP contribution in [0.25, 0.3) is 0 Å². The number of hydrogen-bond donors (Lipinski definition) is 4. The molecule has 1 aromatic rings. The summed E-state index contributed by atoms with van der Waals surface area (Å²) in [6.45, 7) is 0.0688. The van der Waals surface area contributed by atoms with E-state index in [-0.39, 0.29) is 24.6 Å². The Morgan fingerprint density at radius 2 is 1.89 bits per heavy atom. The van der Waals surface area contributed by atoms with Crippen LogP contribution >= 0.6 is 0 Å². The van der Waals surface area contributed by atoms with E-state index < -0.39 is 12.0 Å². The Balaban J connectivity index is 2.65. The van der Waals surface area contributed by atoms with E-state index in [4.69, 9.17) is 10.2 Å². The molecule has 6 heteroatoms. The molecule has 0 saturated carbocycles. The van der Waals surface area contributed by atoms with E-state index in [0.717, 1.165) is 5.56 Å². The summed E-state index contributed by atoms with van der Waals surface area (Å²) >= 11 is 0. The number of amides is 1. The third-order valence-electron chi connectivity index (χ3n) is 2.35. The van der Waals surface area contributed by atoms with Crippen LogP contribution in [0.15, 0.2) is 24.3 Å². The highest BCUT2D eigenvalue weighted by atomic mass is 16.4. The predicted molar refractivity (Wildman–Crippen MR) is 65.3 cm³/mol. The van der Waals surface area contributed by atoms with Crippen LogP contribution in [0.1, 0.15) is 5.56 Å². The predicted octanol–water partition coefficient (Wildman–Crippen LogP) is -0.277. The van der Waals surface area contributed by atoms with Crippen LogP contribution in [0.5, 0.6) is 5.75 Å². The van der Waals surface area contributed by atoms with Gasteiger partial charge in [-0.15, -0.1) is 0 Å². The Kier molecular flexibility index (Phi) is 5.13. The Morgan fingerprint density at radius 1 is 1.28 bits per heavy atom. The summed E-state index contributed by atoms with van der Waals surface area (Å²) in [4.78, 5) is 22.4. The van der Waals surface area contributed by atoms with E-state index in [1.165, 1.54) is 12.1 Å². The smallest absolute Gasteiger partial charge is 0.326 e. The second kappa shape index (κ2) is 6.61. The molecule has 0 radical (unpaired) electrons. The molecule has 0 unspecified atom stereocenters. The zero-order valence-electron chi connectivity index (χ0n) is 10.0. The first kappa shape index (κ1) is 14.0. The number of carbonyl (C=O) groups excluding carboxylic acids is 1. The van der Waals surface area contributed by atoms with E-state index in [0.29, 0.717) is 0 Å². The lowest BCUT2D eigenvalue weighted by atomic mass is 10.1. The van der Waals surface area contributed by atoms with Gasteiger partial charge in [0.15, 0.2) is 0 Å². The van der Waals surface area contributed by atoms with Gasteiger partial charge in [0.2, 0.25) is 5.91 Å². The van der Waals surface area contributed by atoms with E-state index in [9.17, 15) is 9.59 Å². The number of phenolic OH excluding ortho intramolecular Hbond substituents is 1.